The van der Waals surface area contributed by atoms with E-state index in [0.29, 0.717) is 19.0 Å². The minimum absolute atomic E-state index is 0.291. The molecule has 0 bridgehead atoms. The van der Waals surface area contributed by atoms with Crippen molar-refractivity contribution in [2.45, 2.75) is 33.6 Å². The highest BCUT2D eigenvalue weighted by molar-refractivity contribution is 7.89. The van der Waals surface area contributed by atoms with Crippen molar-refractivity contribution in [1.29, 1.82) is 0 Å². The Labute approximate surface area is 97.5 Å². The Morgan fingerprint density at radius 3 is 2.31 bits per heavy atom. The van der Waals surface area contributed by atoms with E-state index >= 15 is 0 Å². The van der Waals surface area contributed by atoms with Gasteiger partial charge in [-0.15, -0.1) is 0 Å². The second kappa shape index (κ2) is 6.85. The first-order valence-corrected chi connectivity index (χ1v) is 7.14. The molecule has 16 heavy (non-hydrogen) atoms. The van der Waals surface area contributed by atoms with Crippen molar-refractivity contribution < 1.29 is 18.3 Å². The molecule has 0 heterocycles. The van der Waals surface area contributed by atoms with E-state index in [2.05, 4.69) is 0 Å². The molecule has 1 atom stereocenters. The van der Waals surface area contributed by atoms with Gasteiger partial charge in [0, 0.05) is 13.1 Å². The first-order chi connectivity index (χ1) is 7.33. The molecule has 5 nitrogen and oxygen atoms in total. The summed E-state index contributed by atoms with van der Waals surface area (Å²) in [6.07, 6.45) is 0.574. The van der Waals surface area contributed by atoms with E-state index in [-0.39, 0.29) is 12.2 Å². The Kier molecular flexibility index (Phi) is 6.59. The molecule has 0 spiro atoms. The molecular formula is C10H21NO4S. The van der Waals surface area contributed by atoms with Crippen LogP contribution in [0.4, 0.5) is 0 Å². The minimum atomic E-state index is -3.42. The van der Waals surface area contributed by atoms with Crippen LogP contribution >= 0.6 is 0 Å². The van der Waals surface area contributed by atoms with E-state index in [1.807, 2.05) is 13.8 Å². The van der Waals surface area contributed by atoms with Gasteiger partial charge in [0.25, 0.3) is 0 Å². The monoisotopic (exact) mass is 251 g/mol. The maximum atomic E-state index is 11.8. The van der Waals surface area contributed by atoms with Crippen LogP contribution in [0.5, 0.6) is 0 Å². The van der Waals surface area contributed by atoms with Gasteiger partial charge in [-0.05, 0) is 5.92 Å². The number of carbonyl (C=O) groups is 1. The van der Waals surface area contributed by atoms with Crippen LogP contribution in [0.25, 0.3) is 0 Å². The van der Waals surface area contributed by atoms with Gasteiger partial charge in [-0.1, -0.05) is 27.2 Å². The smallest absolute Gasteiger partial charge is 0.304 e. The van der Waals surface area contributed by atoms with Crippen molar-refractivity contribution in [2.75, 3.05) is 18.8 Å². The van der Waals surface area contributed by atoms with Crippen molar-refractivity contribution in [2.24, 2.45) is 5.92 Å². The fraction of sp³-hybridized carbons (Fsp3) is 0.900. The third kappa shape index (κ3) is 5.46. The Balaban J connectivity index is 4.48. The lowest BCUT2D eigenvalue weighted by atomic mass is 10.1. The third-order valence-electron chi connectivity index (χ3n) is 2.53. The molecule has 0 aromatic carbocycles. The summed E-state index contributed by atoms with van der Waals surface area (Å²) in [6.45, 7) is 6.61. The fourth-order valence-electron chi connectivity index (χ4n) is 1.26. The molecule has 0 amide bonds. The molecule has 0 aliphatic carbocycles. The minimum Gasteiger partial charge on any atom is -0.481 e. The first kappa shape index (κ1) is 15.4. The van der Waals surface area contributed by atoms with Gasteiger partial charge in [0.15, 0.2) is 0 Å². The van der Waals surface area contributed by atoms with Gasteiger partial charge in [0.1, 0.15) is 0 Å². The zero-order valence-electron chi connectivity index (χ0n) is 10.1. The molecule has 1 N–H and O–H groups in total. The highest BCUT2D eigenvalue weighted by Gasteiger charge is 2.22. The lowest BCUT2D eigenvalue weighted by Gasteiger charge is -2.23. The topological polar surface area (TPSA) is 74.7 Å². The van der Waals surface area contributed by atoms with E-state index in [1.165, 1.54) is 4.31 Å². The zero-order valence-corrected chi connectivity index (χ0v) is 11.0. The molecule has 0 saturated carbocycles. The van der Waals surface area contributed by atoms with Gasteiger partial charge < -0.3 is 5.11 Å². The Bertz CT molecular complexity index is 313. The SMILES string of the molecule is CCC(C)CN(CC)S(=O)(=O)CCC(=O)O. The molecule has 0 fully saturated rings. The van der Waals surface area contributed by atoms with Crippen LogP contribution in [-0.4, -0.2) is 42.6 Å². The molecule has 0 radical (unpaired) electrons. The Morgan fingerprint density at radius 2 is 1.94 bits per heavy atom. The lowest BCUT2D eigenvalue weighted by molar-refractivity contribution is -0.136. The second-order valence-electron chi connectivity index (χ2n) is 3.92. The Hall–Kier alpha value is -0.620. The van der Waals surface area contributed by atoms with Gasteiger partial charge >= 0.3 is 5.97 Å². The number of aliphatic carboxylic acids is 1. The van der Waals surface area contributed by atoms with Gasteiger partial charge in [-0.3, -0.25) is 4.79 Å². The number of carboxylic acid groups (broad SMARTS) is 1. The van der Waals surface area contributed by atoms with Crippen LogP contribution in [0.3, 0.4) is 0 Å². The number of hydrogen-bond acceptors (Lipinski definition) is 3. The summed E-state index contributed by atoms with van der Waals surface area (Å²) in [5.41, 5.74) is 0. The van der Waals surface area contributed by atoms with Crippen LogP contribution in [0, 0.1) is 5.92 Å². The molecule has 0 rings (SSSR count). The summed E-state index contributed by atoms with van der Waals surface area (Å²) >= 11 is 0. The number of sulfonamides is 1. The van der Waals surface area contributed by atoms with Gasteiger partial charge in [0.2, 0.25) is 10.0 Å². The normalized spacial score (nSPS) is 14.0. The fourth-order valence-corrected chi connectivity index (χ4v) is 2.83. The zero-order chi connectivity index (χ0) is 12.8. The Morgan fingerprint density at radius 1 is 1.38 bits per heavy atom. The number of hydrogen-bond donors (Lipinski definition) is 1. The quantitative estimate of drug-likeness (QED) is 0.702. The van der Waals surface area contributed by atoms with Crippen molar-refractivity contribution >= 4 is 16.0 Å². The van der Waals surface area contributed by atoms with Crippen molar-refractivity contribution in [1.82, 2.24) is 4.31 Å². The van der Waals surface area contributed by atoms with E-state index in [0.717, 1.165) is 6.42 Å². The molecule has 1 unspecified atom stereocenters. The first-order valence-electron chi connectivity index (χ1n) is 5.53. The summed E-state index contributed by atoms with van der Waals surface area (Å²) < 4.78 is 24.9. The van der Waals surface area contributed by atoms with Crippen LogP contribution < -0.4 is 0 Å². The average Bonchev–Trinajstić information content (AvgIpc) is 2.22. The summed E-state index contributed by atoms with van der Waals surface area (Å²) in [4.78, 5) is 10.4. The van der Waals surface area contributed by atoms with Crippen LogP contribution in [0.2, 0.25) is 0 Å². The van der Waals surface area contributed by atoms with E-state index in [9.17, 15) is 13.2 Å². The lowest BCUT2D eigenvalue weighted by Crippen LogP contribution is -2.36. The van der Waals surface area contributed by atoms with Gasteiger partial charge in [0.05, 0.1) is 12.2 Å². The summed E-state index contributed by atoms with van der Waals surface area (Å²) in [5, 5.41) is 8.48. The van der Waals surface area contributed by atoms with E-state index in [1.54, 1.807) is 6.92 Å². The maximum absolute atomic E-state index is 11.8. The third-order valence-corrected chi connectivity index (χ3v) is 4.45. The molecule has 0 aliphatic rings. The van der Waals surface area contributed by atoms with Crippen molar-refractivity contribution in [3.05, 3.63) is 0 Å². The van der Waals surface area contributed by atoms with E-state index in [4.69, 9.17) is 5.11 Å². The predicted molar refractivity (Wildman–Crippen MR) is 62.7 cm³/mol. The molecule has 0 aliphatic heterocycles. The van der Waals surface area contributed by atoms with Crippen molar-refractivity contribution in [3.8, 4) is 0 Å². The van der Waals surface area contributed by atoms with Gasteiger partial charge in [-0.2, -0.15) is 0 Å². The maximum Gasteiger partial charge on any atom is 0.304 e. The second-order valence-corrected chi connectivity index (χ2v) is 6.01. The number of carboxylic acids is 1. The standard InChI is InChI=1S/C10H21NO4S/c1-4-9(3)8-11(5-2)16(14,15)7-6-10(12)13/h9H,4-8H2,1-3H3,(H,12,13). The predicted octanol–water partition coefficient (Wildman–Crippen LogP) is 1.16. The molecule has 0 aromatic rings. The highest BCUT2D eigenvalue weighted by Crippen LogP contribution is 2.10. The average molecular weight is 251 g/mol. The molecule has 0 aromatic heterocycles. The molecule has 0 saturated heterocycles. The molecule has 6 heteroatoms. The van der Waals surface area contributed by atoms with Crippen molar-refractivity contribution in [3.63, 3.8) is 0 Å². The highest BCUT2D eigenvalue weighted by atomic mass is 32.2. The summed E-state index contributed by atoms with van der Waals surface area (Å²) in [6, 6.07) is 0. The van der Waals surface area contributed by atoms with Crippen LogP contribution in [-0.2, 0) is 14.8 Å². The number of rotatable bonds is 8. The summed E-state index contributed by atoms with van der Waals surface area (Å²) in [5.74, 6) is -1.10. The van der Waals surface area contributed by atoms with Gasteiger partial charge in [-0.25, -0.2) is 12.7 Å². The summed E-state index contributed by atoms with van der Waals surface area (Å²) in [7, 11) is -3.42. The van der Waals surface area contributed by atoms with Crippen LogP contribution in [0.15, 0.2) is 0 Å². The largest absolute Gasteiger partial charge is 0.481 e. The van der Waals surface area contributed by atoms with E-state index < -0.39 is 16.0 Å². The number of nitrogens with zero attached hydrogens (tertiary/aromatic N) is 1. The molecule has 96 valence electrons. The molecular weight excluding hydrogens is 230 g/mol. The van der Waals surface area contributed by atoms with Crippen LogP contribution in [0.1, 0.15) is 33.6 Å².